The average molecular weight is 312 g/mol. The first-order chi connectivity index (χ1) is 10.4. The SMILES string of the molecule is COc1ccc(NC(=O)c2c(C)noc2C)cc1OC(F)F. The van der Waals surface area contributed by atoms with E-state index in [1.807, 2.05) is 0 Å². The van der Waals surface area contributed by atoms with E-state index in [2.05, 4.69) is 15.2 Å². The number of halogens is 2. The van der Waals surface area contributed by atoms with Crippen molar-refractivity contribution in [3.8, 4) is 11.5 Å². The van der Waals surface area contributed by atoms with E-state index in [4.69, 9.17) is 9.26 Å². The molecule has 0 aliphatic carbocycles. The number of hydrogen-bond acceptors (Lipinski definition) is 5. The van der Waals surface area contributed by atoms with E-state index < -0.39 is 12.5 Å². The second-order valence-corrected chi connectivity index (χ2v) is 4.40. The van der Waals surface area contributed by atoms with Gasteiger partial charge in [0.25, 0.3) is 5.91 Å². The lowest BCUT2D eigenvalue weighted by Crippen LogP contribution is -2.14. The summed E-state index contributed by atoms with van der Waals surface area (Å²) in [6, 6.07) is 4.18. The maximum atomic E-state index is 12.4. The molecule has 1 amide bonds. The molecule has 8 heteroatoms. The van der Waals surface area contributed by atoms with Crippen LogP contribution in [-0.2, 0) is 0 Å². The van der Waals surface area contributed by atoms with Gasteiger partial charge in [-0.3, -0.25) is 4.79 Å². The number of amides is 1. The smallest absolute Gasteiger partial charge is 0.387 e. The number of rotatable bonds is 5. The number of benzene rings is 1. The molecule has 2 rings (SSSR count). The van der Waals surface area contributed by atoms with Gasteiger partial charge in [0.15, 0.2) is 11.5 Å². The van der Waals surface area contributed by atoms with Crippen LogP contribution < -0.4 is 14.8 Å². The van der Waals surface area contributed by atoms with Crippen molar-refractivity contribution in [2.75, 3.05) is 12.4 Å². The Labute approximate surface area is 125 Å². The standard InChI is InChI=1S/C14H14F2N2O4/c1-7-12(8(2)22-18-7)13(19)17-9-4-5-10(20-3)11(6-9)21-14(15)16/h4-6,14H,1-3H3,(H,17,19). The maximum Gasteiger partial charge on any atom is 0.387 e. The summed E-state index contributed by atoms with van der Waals surface area (Å²) in [6.45, 7) is 0.237. The molecular weight excluding hydrogens is 298 g/mol. The number of alkyl halides is 2. The topological polar surface area (TPSA) is 73.6 Å². The molecule has 1 aromatic carbocycles. The summed E-state index contributed by atoms with van der Waals surface area (Å²) in [6.07, 6.45) is 0. The first kappa shape index (κ1) is 15.7. The van der Waals surface area contributed by atoms with Crippen molar-refractivity contribution in [1.29, 1.82) is 0 Å². The van der Waals surface area contributed by atoms with Crippen LogP contribution in [0, 0.1) is 13.8 Å². The second-order valence-electron chi connectivity index (χ2n) is 4.40. The van der Waals surface area contributed by atoms with Crippen LogP contribution in [0.1, 0.15) is 21.8 Å². The van der Waals surface area contributed by atoms with E-state index in [0.717, 1.165) is 0 Å². The van der Waals surface area contributed by atoms with E-state index in [0.29, 0.717) is 17.0 Å². The zero-order chi connectivity index (χ0) is 16.3. The molecule has 2 aromatic rings. The Hall–Kier alpha value is -2.64. The highest BCUT2D eigenvalue weighted by Crippen LogP contribution is 2.31. The molecule has 1 aromatic heterocycles. The van der Waals surface area contributed by atoms with Gasteiger partial charge in [-0.2, -0.15) is 8.78 Å². The van der Waals surface area contributed by atoms with Gasteiger partial charge in [-0.25, -0.2) is 0 Å². The Morgan fingerprint density at radius 1 is 1.32 bits per heavy atom. The average Bonchev–Trinajstić information content (AvgIpc) is 2.78. The molecule has 0 saturated heterocycles. The molecule has 0 unspecified atom stereocenters. The van der Waals surface area contributed by atoms with Crippen molar-refractivity contribution in [2.45, 2.75) is 20.5 Å². The van der Waals surface area contributed by atoms with Crippen molar-refractivity contribution in [1.82, 2.24) is 5.16 Å². The van der Waals surface area contributed by atoms with Crippen LogP contribution in [0.5, 0.6) is 11.5 Å². The number of aryl methyl sites for hydroxylation is 2. The predicted octanol–water partition coefficient (Wildman–Crippen LogP) is 3.15. The third kappa shape index (κ3) is 3.33. The number of aromatic nitrogens is 1. The van der Waals surface area contributed by atoms with Gasteiger partial charge in [-0.15, -0.1) is 0 Å². The first-order valence-corrected chi connectivity index (χ1v) is 6.29. The first-order valence-electron chi connectivity index (χ1n) is 6.29. The number of carbonyl (C=O) groups is 1. The van der Waals surface area contributed by atoms with Gasteiger partial charge in [0.1, 0.15) is 11.3 Å². The third-order valence-electron chi connectivity index (χ3n) is 2.90. The van der Waals surface area contributed by atoms with E-state index >= 15 is 0 Å². The van der Waals surface area contributed by atoms with Crippen molar-refractivity contribution < 1.29 is 27.6 Å². The number of hydrogen-bond donors (Lipinski definition) is 1. The van der Waals surface area contributed by atoms with Crippen LogP contribution in [-0.4, -0.2) is 24.8 Å². The molecule has 1 N–H and O–H groups in total. The summed E-state index contributed by atoms with van der Waals surface area (Å²) < 4.78 is 38.9. The number of nitrogens with zero attached hydrogens (tertiary/aromatic N) is 1. The zero-order valence-corrected chi connectivity index (χ0v) is 12.1. The van der Waals surface area contributed by atoms with Crippen LogP contribution in [0.3, 0.4) is 0 Å². The molecule has 0 radical (unpaired) electrons. The molecule has 0 spiro atoms. The van der Waals surface area contributed by atoms with Gasteiger partial charge < -0.3 is 19.3 Å². The fourth-order valence-electron chi connectivity index (χ4n) is 1.94. The van der Waals surface area contributed by atoms with E-state index in [1.54, 1.807) is 13.8 Å². The fourth-order valence-corrected chi connectivity index (χ4v) is 1.94. The minimum absolute atomic E-state index is 0.135. The summed E-state index contributed by atoms with van der Waals surface area (Å²) in [5.41, 5.74) is 1.01. The maximum absolute atomic E-state index is 12.4. The molecular formula is C14H14F2N2O4. The Kier molecular flexibility index (Phi) is 4.59. The minimum atomic E-state index is -3.00. The Morgan fingerprint density at radius 3 is 2.59 bits per heavy atom. The minimum Gasteiger partial charge on any atom is -0.493 e. The summed E-state index contributed by atoms with van der Waals surface area (Å²) in [4.78, 5) is 12.2. The largest absolute Gasteiger partial charge is 0.493 e. The Morgan fingerprint density at radius 2 is 2.05 bits per heavy atom. The molecule has 6 nitrogen and oxygen atoms in total. The van der Waals surface area contributed by atoms with Crippen molar-refractivity contribution in [3.05, 3.63) is 35.2 Å². The zero-order valence-electron chi connectivity index (χ0n) is 12.1. The number of carbonyl (C=O) groups excluding carboxylic acids is 1. The molecule has 1 heterocycles. The van der Waals surface area contributed by atoms with Crippen LogP contribution >= 0.6 is 0 Å². The van der Waals surface area contributed by atoms with E-state index in [1.165, 1.54) is 25.3 Å². The molecule has 0 saturated carbocycles. The number of anilines is 1. The predicted molar refractivity (Wildman–Crippen MR) is 73.6 cm³/mol. The van der Waals surface area contributed by atoms with Gasteiger partial charge in [0.2, 0.25) is 0 Å². The van der Waals surface area contributed by atoms with Gasteiger partial charge >= 0.3 is 6.61 Å². The van der Waals surface area contributed by atoms with Gasteiger partial charge in [-0.1, -0.05) is 5.16 Å². The summed E-state index contributed by atoms with van der Waals surface area (Å²) in [7, 11) is 1.33. The van der Waals surface area contributed by atoms with E-state index in [-0.39, 0.29) is 17.2 Å². The Balaban J connectivity index is 2.24. The molecule has 0 aliphatic heterocycles. The normalized spacial score (nSPS) is 10.6. The highest BCUT2D eigenvalue weighted by Gasteiger charge is 2.18. The molecule has 0 atom stereocenters. The van der Waals surface area contributed by atoms with Crippen LogP contribution in [0.25, 0.3) is 0 Å². The summed E-state index contributed by atoms with van der Waals surface area (Å²) >= 11 is 0. The second kappa shape index (κ2) is 6.42. The molecule has 22 heavy (non-hydrogen) atoms. The monoisotopic (exact) mass is 312 g/mol. The highest BCUT2D eigenvalue weighted by molar-refractivity contribution is 6.05. The van der Waals surface area contributed by atoms with Crippen LogP contribution in [0.2, 0.25) is 0 Å². The molecule has 0 bridgehead atoms. The molecule has 0 fully saturated rings. The van der Waals surface area contributed by atoms with Crippen LogP contribution in [0.4, 0.5) is 14.5 Å². The lowest BCUT2D eigenvalue weighted by Gasteiger charge is -2.12. The van der Waals surface area contributed by atoms with E-state index in [9.17, 15) is 13.6 Å². The van der Waals surface area contributed by atoms with Crippen molar-refractivity contribution in [2.24, 2.45) is 0 Å². The Bertz CT molecular complexity index is 666. The summed E-state index contributed by atoms with van der Waals surface area (Å²) in [5, 5.41) is 6.26. The summed E-state index contributed by atoms with van der Waals surface area (Å²) in [5.74, 6) is -0.123. The third-order valence-corrected chi connectivity index (χ3v) is 2.90. The lowest BCUT2D eigenvalue weighted by atomic mass is 10.2. The van der Waals surface area contributed by atoms with Crippen molar-refractivity contribution in [3.63, 3.8) is 0 Å². The quantitative estimate of drug-likeness (QED) is 0.918. The highest BCUT2D eigenvalue weighted by atomic mass is 19.3. The van der Waals surface area contributed by atoms with Gasteiger partial charge in [0.05, 0.1) is 12.8 Å². The van der Waals surface area contributed by atoms with Crippen LogP contribution in [0.15, 0.2) is 22.7 Å². The van der Waals surface area contributed by atoms with Crippen molar-refractivity contribution >= 4 is 11.6 Å². The fraction of sp³-hybridized carbons (Fsp3) is 0.286. The molecule has 118 valence electrons. The molecule has 0 aliphatic rings. The number of nitrogens with one attached hydrogen (secondary N) is 1. The van der Waals surface area contributed by atoms with Gasteiger partial charge in [-0.05, 0) is 26.0 Å². The van der Waals surface area contributed by atoms with Gasteiger partial charge in [0, 0.05) is 11.8 Å². The number of ether oxygens (including phenoxy) is 2. The lowest BCUT2D eigenvalue weighted by molar-refractivity contribution is -0.0511. The number of methoxy groups -OCH3 is 1.